The Hall–Kier alpha value is -0.810. The maximum Gasteiger partial charge on any atom is 0.0811 e. The van der Waals surface area contributed by atoms with Gasteiger partial charge in [0.25, 0.3) is 0 Å². The third-order valence-corrected chi connectivity index (χ3v) is 9.57. The fraction of sp³-hybridized carbons (Fsp3) is 0.714. The summed E-state index contributed by atoms with van der Waals surface area (Å²) in [7, 11) is 0. The van der Waals surface area contributed by atoms with Crippen molar-refractivity contribution >= 4 is 11.8 Å². The van der Waals surface area contributed by atoms with Crippen molar-refractivity contribution < 1.29 is 15.3 Å². The Kier molecular flexibility index (Phi) is 8.93. The van der Waals surface area contributed by atoms with E-state index in [9.17, 15) is 15.3 Å². The number of allylic oxidation sites excluding steroid dienone is 4. The van der Waals surface area contributed by atoms with Crippen LogP contribution in [0.15, 0.2) is 47.1 Å². The Balaban J connectivity index is 1.58. The Bertz CT molecular complexity index is 761. The van der Waals surface area contributed by atoms with Crippen molar-refractivity contribution in [2.75, 3.05) is 11.5 Å². The van der Waals surface area contributed by atoms with E-state index in [1.54, 1.807) is 5.57 Å². The lowest BCUT2D eigenvalue weighted by Gasteiger charge is -2.41. The zero-order valence-corrected chi connectivity index (χ0v) is 21.2. The third-order valence-electron chi connectivity index (χ3n) is 8.48. The van der Waals surface area contributed by atoms with Crippen LogP contribution < -0.4 is 0 Å². The normalized spacial score (nSPS) is 33.6. The fourth-order valence-corrected chi connectivity index (χ4v) is 7.04. The van der Waals surface area contributed by atoms with Gasteiger partial charge in [-0.05, 0) is 86.0 Å². The topological polar surface area (TPSA) is 60.7 Å². The van der Waals surface area contributed by atoms with Crippen LogP contribution in [0.1, 0.15) is 85.0 Å². The molecule has 4 atom stereocenters. The summed E-state index contributed by atoms with van der Waals surface area (Å²) in [6.07, 6.45) is 15.2. The highest BCUT2D eigenvalue weighted by Gasteiger charge is 2.44. The molecule has 180 valence electrons. The standard InChI is InChI=1S/C28H44O3S/c1-5-28(31,6-2)15-8-16-32-19-23-12-13-25-21(9-7-14-27(23,25)4)10-11-22-17-24(29)18-26(30)20(22)3/h10-12,24-26,29-31H,3,5-9,13-19H2,1-2,4H3/t24-,25+,26+,27-/m1/s1. The lowest BCUT2D eigenvalue weighted by Crippen LogP contribution is -2.31. The van der Waals surface area contributed by atoms with E-state index in [1.807, 2.05) is 11.8 Å². The summed E-state index contributed by atoms with van der Waals surface area (Å²) >= 11 is 2.03. The minimum Gasteiger partial charge on any atom is -0.393 e. The van der Waals surface area contributed by atoms with Crippen molar-refractivity contribution in [3.05, 3.63) is 47.1 Å². The minimum atomic E-state index is -0.623. The van der Waals surface area contributed by atoms with Crippen molar-refractivity contribution in [2.45, 2.75) is 103 Å². The summed E-state index contributed by atoms with van der Waals surface area (Å²) in [4.78, 5) is 0. The van der Waals surface area contributed by atoms with Gasteiger partial charge in [-0.15, -0.1) is 0 Å². The Morgan fingerprint density at radius 1 is 1.25 bits per heavy atom. The average Bonchev–Trinajstić information content (AvgIpc) is 3.11. The number of fused-ring (bicyclic) bond motifs is 1. The second kappa shape index (κ2) is 11.1. The Morgan fingerprint density at radius 3 is 2.72 bits per heavy atom. The predicted molar refractivity (Wildman–Crippen MR) is 137 cm³/mol. The summed E-state index contributed by atoms with van der Waals surface area (Å²) in [6.45, 7) is 10.7. The second-order valence-electron chi connectivity index (χ2n) is 10.4. The van der Waals surface area contributed by atoms with Crippen LogP contribution in [0.2, 0.25) is 0 Å². The summed E-state index contributed by atoms with van der Waals surface area (Å²) in [5.41, 5.74) is 4.67. The maximum atomic E-state index is 10.5. The molecule has 2 saturated carbocycles. The van der Waals surface area contributed by atoms with E-state index in [0.717, 1.165) is 61.2 Å². The van der Waals surface area contributed by atoms with Gasteiger partial charge in [0.2, 0.25) is 0 Å². The molecule has 3 aliphatic carbocycles. The number of hydrogen-bond donors (Lipinski definition) is 3. The van der Waals surface area contributed by atoms with Gasteiger partial charge in [0.15, 0.2) is 0 Å². The number of thioether (sulfide) groups is 1. The van der Waals surface area contributed by atoms with Crippen LogP contribution in [0, 0.1) is 11.3 Å². The quantitative estimate of drug-likeness (QED) is 0.287. The molecule has 0 amide bonds. The van der Waals surface area contributed by atoms with Crippen LogP contribution >= 0.6 is 11.8 Å². The number of hydrogen-bond acceptors (Lipinski definition) is 4. The van der Waals surface area contributed by atoms with Gasteiger partial charge in [0.1, 0.15) is 0 Å². The van der Waals surface area contributed by atoms with Crippen molar-refractivity contribution in [3.8, 4) is 0 Å². The predicted octanol–water partition coefficient (Wildman–Crippen LogP) is 6.11. The molecule has 0 aromatic carbocycles. The molecule has 3 nitrogen and oxygen atoms in total. The van der Waals surface area contributed by atoms with Gasteiger partial charge >= 0.3 is 0 Å². The van der Waals surface area contributed by atoms with Gasteiger partial charge in [0, 0.05) is 12.2 Å². The van der Waals surface area contributed by atoms with E-state index in [1.165, 1.54) is 18.4 Å². The summed E-state index contributed by atoms with van der Waals surface area (Å²) in [6, 6.07) is 0. The molecule has 3 aliphatic rings. The molecule has 0 aliphatic heterocycles. The molecular weight excluding hydrogens is 416 g/mol. The van der Waals surface area contributed by atoms with Crippen molar-refractivity contribution in [1.29, 1.82) is 0 Å². The van der Waals surface area contributed by atoms with Crippen LogP contribution in [0.3, 0.4) is 0 Å². The van der Waals surface area contributed by atoms with E-state index >= 15 is 0 Å². The highest BCUT2D eigenvalue weighted by Crippen LogP contribution is 2.55. The summed E-state index contributed by atoms with van der Waals surface area (Å²) in [5, 5.41) is 30.7. The van der Waals surface area contributed by atoms with E-state index < -0.39 is 17.8 Å². The second-order valence-corrected chi connectivity index (χ2v) is 11.5. The highest BCUT2D eigenvalue weighted by molar-refractivity contribution is 7.99. The molecule has 32 heavy (non-hydrogen) atoms. The summed E-state index contributed by atoms with van der Waals surface area (Å²) in [5.74, 6) is 2.79. The fourth-order valence-electron chi connectivity index (χ4n) is 5.88. The van der Waals surface area contributed by atoms with E-state index in [-0.39, 0.29) is 5.41 Å². The molecule has 0 bridgehead atoms. The first-order valence-corrected chi connectivity index (χ1v) is 13.8. The Morgan fingerprint density at radius 2 is 2.00 bits per heavy atom. The van der Waals surface area contributed by atoms with E-state index in [4.69, 9.17) is 0 Å². The molecule has 4 heteroatoms. The van der Waals surface area contributed by atoms with Crippen LogP contribution in [0.25, 0.3) is 0 Å². The lowest BCUT2D eigenvalue weighted by molar-refractivity contribution is 0.0232. The lowest BCUT2D eigenvalue weighted by atomic mass is 9.64. The molecule has 2 fully saturated rings. The molecule has 0 aromatic heterocycles. The van der Waals surface area contributed by atoms with Gasteiger partial charge in [-0.1, -0.05) is 56.7 Å². The molecule has 0 radical (unpaired) electrons. The van der Waals surface area contributed by atoms with Gasteiger partial charge in [-0.2, -0.15) is 11.8 Å². The van der Waals surface area contributed by atoms with E-state index in [0.29, 0.717) is 18.8 Å². The molecule has 0 saturated heterocycles. The average molecular weight is 461 g/mol. The minimum absolute atomic E-state index is 0.256. The summed E-state index contributed by atoms with van der Waals surface area (Å²) < 4.78 is 0. The first-order chi connectivity index (χ1) is 15.2. The molecule has 0 heterocycles. The van der Waals surface area contributed by atoms with Gasteiger partial charge in [-0.3, -0.25) is 0 Å². The zero-order chi connectivity index (χ0) is 23.4. The van der Waals surface area contributed by atoms with Crippen LogP contribution in [0.4, 0.5) is 0 Å². The smallest absolute Gasteiger partial charge is 0.0811 e. The number of aliphatic hydroxyl groups excluding tert-OH is 2. The molecule has 0 spiro atoms. The highest BCUT2D eigenvalue weighted by atomic mass is 32.2. The molecule has 3 rings (SSSR count). The van der Waals surface area contributed by atoms with Gasteiger partial charge in [-0.25, -0.2) is 0 Å². The zero-order valence-electron chi connectivity index (χ0n) is 20.4. The first-order valence-electron chi connectivity index (χ1n) is 12.7. The van der Waals surface area contributed by atoms with Crippen LogP contribution in [-0.4, -0.2) is 44.6 Å². The molecular formula is C28H44O3S. The molecule has 3 N–H and O–H groups in total. The number of aliphatic hydroxyl groups is 3. The van der Waals surface area contributed by atoms with Crippen molar-refractivity contribution in [3.63, 3.8) is 0 Å². The first kappa shape index (κ1) is 25.8. The van der Waals surface area contributed by atoms with E-state index in [2.05, 4.69) is 45.6 Å². The third kappa shape index (κ3) is 5.81. The van der Waals surface area contributed by atoms with Crippen LogP contribution in [-0.2, 0) is 0 Å². The molecule has 0 aromatic rings. The van der Waals surface area contributed by atoms with Gasteiger partial charge in [0.05, 0.1) is 17.8 Å². The Labute approximate surface area is 199 Å². The van der Waals surface area contributed by atoms with Gasteiger partial charge < -0.3 is 15.3 Å². The van der Waals surface area contributed by atoms with Crippen molar-refractivity contribution in [1.82, 2.24) is 0 Å². The maximum absolute atomic E-state index is 10.5. The molecule has 0 unspecified atom stereocenters. The largest absolute Gasteiger partial charge is 0.393 e. The number of rotatable bonds is 9. The van der Waals surface area contributed by atoms with Crippen LogP contribution in [0.5, 0.6) is 0 Å². The SMILES string of the molecule is C=C1C(=CC=C2CCC[C@]3(C)C(CSCCCC(O)(CC)CC)=CC[C@@H]23)C[C@@H](O)C[C@@H]1O. The monoisotopic (exact) mass is 460 g/mol. The van der Waals surface area contributed by atoms with Crippen molar-refractivity contribution in [2.24, 2.45) is 11.3 Å².